The molecule has 0 aliphatic carbocycles. The van der Waals surface area contributed by atoms with Crippen molar-refractivity contribution in [1.82, 2.24) is 29.7 Å². The van der Waals surface area contributed by atoms with Crippen molar-refractivity contribution in [3.05, 3.63) is 30.1 Å². The van der Waals surface area contributed by atoms with Gasteiger partial charge in [-0.3, -0.25) is 19.3 Å². The molecule has 1 fully saturated rings. The third kappa shape index (κ3) is 8.94. The third-order valence-electron chi connectivity index (χ3n) is 8.88. The summed E-state index contributed by atoms with van der Waals surface area (Å²) in [5.41, 5.74) is 7.50. The normalized spacial score (nSPS) is 14.7. The number of aliphatic carboxylic acids is 1. The molecular formula is C34H51N7O5. The molecular weight excluding hydrogens is 586 g/mol. The molecule has 0 unspecified atom stereocenters. The Morgan fingerprint density at radius 1 is 1.02 bits per heavy atom. The van der Waals surface area contributed by atoms with Crippen LogP contribution in [-0.4, -0.2) is 98.7 Å². The van der Waals surface area contributed by atoms with Crippen molar-refractivity contribution in [2.24, 2.45) is 5.41 Å². The van der Waals surface area contributed by atoms with Crippen LogP contribution in [0.15, 0.2) is 24.3 Å². The molecule has 1 saturated heterocycles. The molecule has 12 nitrogen and oxygen atoms in total. The van der Waals surface area contributed by atoms with Gasteiger partial charge in [0.25, 0.3) is 0 Å². The van der Waals surface area contributed by atoms with Gasteiger partial charge in [-0.05, 0) is 46.6 Å². The number of carboxylic acid groups (broad SMARTS) is 1. The number of rotatable bonds is 16. The Bertz CT molecular complexity index is 1530. The molecule has 46 heavy (non-hydrogen) atoms. The van der Waals surface area contributed by atoms with Crippen molar-refractivity contribution in [2.75, 3.05) is 51.6 Å². The van der Waals surface area contributed by atoms with E-state index in [1.165, 1.54) is 0 Å². The van der Waals surface area contributed by atoms with Crippen molar-refractivity contribution >= 4 is 45.5 Å². The second-order valence-electron chi connectivity index (χ2n) is 13.5. The van der Waals surface area contributed by atoms with Gasteiger partial charge >= 0.3 is 5.97 Å². The fourth-order valence-corrected chi connectivity index (χ4v) is 5.65. The van der Waals surface area contributed by atoms with Crippen molar-refractivity contribution in [3.63, 3.8) is 0 Å². The van der Waals surface area contributed by atoms with Crippen LogP contribution in [0.5, 0.6) is 0 Å². The molecule has 4 rings (SSSR count). The van der Waals surface area contributed by atoms with Gasteiger partial charge in [-0.2, -0.15) is 0 Å². The van der Waals surface area contributed by atoms with Crippen LogP contribution in [0.4, 0.5) is 5.82 Å². The smallest absolute Gasteiger partial charge is 0.309 e. The van der Waals surface area contributed by atoms with Crippen molar-refractivity contribution in [3.8, 4) is 0 Å². The van der Waals surface area contributed by atoms with E-state index in [9.17, 15) is 19.5 Å². The molecule has 4 N–H and O–H groups in total. The summed E-state index contributed by atoms with van der Waals surface area (Å²) in [6.07, 6.45) is 3.64. The number of carboxylic acids is 1. The lowest BCUT2D eigenvalue weighted by molar-refractivity contribution is -0.148. The molecule has 1 aromatic carbocycles. The number of anilines is 1. The third-order valence-corrected chi connectivity index (χ3v) is 8.88. The molecule has 0 spiro atoms. The first-order valence-corrected chi connectivity index (χ1v) is 16.5. The number of nitrogens with one attached hydrogen (secondary N) is 1. The number of aryl methyl sites for hydroxylation is 1. The Morgan fingerprint density at radius 3 is 2.43 bits per heavy atom. The van der Waals surface area contributed by atoms with E-state index in [0.717, 1.165) is 73.2 Å². The lowest BCUT2D eigenvalue weighted by Gasteiger charge is -2.35. The van der Waals surface area contributed by atoms with E-state index in [1.54, 1.807) is 13.8 Å². The number of para-hydroxylation sites is 1. The Morgan fingerprint density at radius 2 is 1.74 bits per heavy atom. The highest BCUT2D eigenvalue weighted by molar-refractivity contribution is 6.06. The van der Waals surface area contributed by atoms with Crippen LogP contribution in [-0.2, 0) is 32.1 Å². The van der Waals surface area contributed by atoms with E-state index in [0.29, 0.717) is 25.3 Å². The van der Waals surface area contributed by atoms with Gasteiger partial charge in [0.1, 0.15) is 11.3 Å². The van der Waals surface area contributed by atoms with E-state index < -0.39 is 17.0 Å². The minimum Gasteiger partial charge on any atom is -0.481 e. The van der Waals surface area contributed by atoms with E-state index in [2.05, 4.69) is 32.8 Å². The molecule has 2 aromatic heterocycles. The first kappa shape index (κ1) is 35.1. The van der Waals surface area contributed by atoms with Crippen LogP contribution in [0.1, 0.15) is 72.5 Å². The number of carbonyl (C=O) groups excluding carboxylic acids is 2. The quantitative estimate of drug-likeness (QED) is 0.212. The van der Waals surface area contributed by atoms with Gasteiger partial charge < -0.3 is 30.4 Å². The topological polar surface area (TPSA) is 156 Å². The van der Waals surface area contributed by atoms with Crippen LogP contribution in [0, 0.1) is 5.41 Å². The molecule has 0 bridgehead atoms. The number of ether oxygens (including phenoxy) is 1. The predicted molar refractivity (Wildman–Crippen MR) is 179 cm³/mol. The van der Waals surface area contributed by atoms with Crippen molar-refractivity contribution in [2.45, 2.75) is 85.3 Å². The predicted octanol–water partition coefficient (Wildman–Crippen LogP) is 3.85. The number of imidazole rings is 1. The number of nitrogen functional groups attached to an aromatic ring is 1. The van der Waals surface area contributed by atoms with Gasteiger partial charge in [-0.1, -0.05) is 31.5 Å². The lowest BCUT2D eigenvalue weighted by atomic mass is 9.90. The van der Waals surface area contributed by atoms with E-state index >= 15 is 0 Å². The molecule has 1 aliphatic heterocycles. The Labute approximate surface area is 271 Å². The van der Waals surface area contributed by atoms with Gasteiger partial charge in [0.05, 0.1) is 22.0 Å². The molecule has 0 saturated carbocycles. The summed E-state index contributed by atoms with van der Waals surface area (Å²) in [4.78, 5) is 50.4. The summed E-state index contributed by atoms with van der Waals surface area (Å²) >= 11 is 0. The largest absolute Gasteiger partial charge is 0.481 e. The Kier molecular flexibility index (Phi) is 11.6. The van der Waals surface area contributed by atoms with Crippen LogP contribution in [0.3, 0.4) is 0 Å². The molecule has 252 valence electrons. The summed E-state index contributed by atoms with van der Waals surface area (Å²) in [5, 5.41) is 13.2. The number of fused-ring (bicyclic) bond motifs is 3. The number of hydrogen-bond donors (Lipinski definition) is 3. The number of unbranched alkanes of at least 4 members (excludes halogenated alkanes) is 1. The number of benzene rings is 1. The molecule has 0 radical (unpaired) electrons. The Balaban J connectivity index is 1.24. The lowest BCUT2D eigenvalue weighted by Crippen LogP contribution is -2.49. The van der Waals surface area contributed by atoms with Gasteiger partial charge in [-0.25, -0.2) is 9.97 Å². The van der Waals surface area contributed by atoms with Gasteiger partial charge in [0, 0.05) is 77.1 Å². The van der Waals surface area contributed by atoms with Crippen LogP contribution >= 0.6 is 0 Å². The zero-order valence-electron chi connectivity index (χ0n) is 28.1. The SMILES string of the molecule is CCCCc1nc2c(N)nc3ccccc3c2n1CCN1CCN(C(=O)CCC(=O)NCC(C)(C)OCCC(C)(C)C(=O)O)CC1. The summed E-state index contributed by atoms with van der Waals surface area (Å²) in [7, 11) is 0. The standard InChI is InChI=1S/C34H51N7O5/c1-6-7-12-26-38-29-30(24-10-8-9-11-25(24)37-31(29)35)41(26)21-18-39-16-19-40(20-17-39)28(43)14-13-27(42)36-23-34(4,5)46-22-15-33(2,3)32(44)45/h8-11H,6-7,12-23H2,1-5H3,(H2,35,37)(H,36,42)(H,44,45). The number of piperazine rings is 1. The number of carbonyl (C=O) groups is 3. The maximum Gasteiger partial charge on any atom is 0.309 e. The molecule has 1 aliphatic rings. The summed E-state index contributed by atoms with van der Waals surface area (Å²) in [6, 6.07) is 8.05. The van der Waals surface area contributed by atoms with E-state index in [4.69, 9.17) is 15.5 Å². The average Bonchev–Trinajstić information content (AvgIpc) is 3.39. The number of nitrogens with two attached hydrogens (primary N) is 1. The zero-order valence-corrected chi connectivity index (χ0v) is 28.1. The van der Waals surface area contributed by atoms with Crippen LogP contribution in [0.25, 0.3) is 21.9 Å². The Hall–Kier alpha value is -3.77. The fourth-order valence-electron chi connectivity index (χ4n) is 5.65. The number of nitrogens with zero attached hydrogens (tertiary/aromatic N) is 5. The second-order valence-corrected chi connectivity index (χ2v) is 13.5. The minimum atomic E-state index is -0.875. The van der Waals surface area contributed by atoms with E-state index in [-0.39, 0.29) is 37.8 Å². The van der Waals surface area contributed by atoms with Gasteiger partial charge in [0.15, 0.2) is 5.82 Å². The average molecular weight is 638 g/mol. The number of pyridine rings is 1. The number of aromatic nitrogens is 3. The highest BCUT2D eigenvalue weighted by Crippen LogP contribution is 2.29. The van der Waals surface area contributed by atoms with Crippen LogP contribution in [0.2, 0.25) is 0 Å². The second kappa shape index (κ2) is 15.2. The number of amides is 2. The number of hydrogen-bond acceptors (Lipinski definition) is 8. The summed E-state index contributed by atoms with van der Waals surface area (Å²) in [6.45, 7) is 14.1. The molecule has 3 heterocycles. The van der Waals surface area contributed by atoms with Gasteiger partial charge in [0.2, 0.25) is 11.8 Å². The van der Waals surface area contributed by atoms with Crippen molar-refractivity contribution < 1.29 is 24.2 Å². The molecule has 0 atom stereocenters. The van der Waals surface area contributed by atoms with Gasteiger partial charge in [-0.15, -0.1) is 0 Å². The van der Waals surface area contributed by atoms with Crippen molar-refractivity contribution in [1.29, 1.82) is 0 Å². The maximum atomic E-state index is 12.9. The fraction of sp³-hybridized carbons (Fsp3) is 0.618. The highest BCUT2D eigenvalue weighted by Gasteiger charge is 2.29. The highest BCUT2D eigenvalue weighted by atomic mass is 16.5. The first-order chi connectivity index (χ1) is 21.8. The molecule has 2 amide bonds. The molecule has 3 aromatic rings. The summed E-state index contributed by atoms with van der Waals surface area (Å²) in [5.74, 6) is 0.402. The summed E-state index contributed by atoms with van der Waals surface area (Å²) < 4.78 is 8.15. The minimum absolute atomic E-state index is 0.0156. The zero-order chi connectivity index (χ0) is 33.5. The maximum absolute atomic E-state index is 12.9. The monoisotopic (exact) mass is 637 g/mol. The first-order valence-electron chi connectivity index (χ1n) is 16.5. The van der Waals surface area contributed by atoms with Crippen LogP contribution < -0.4 is 11.1 Å². The molecule has 12 heteroatoms. The van der Waals surface area contributed by atoms with E-state index in [1.807, 2.05) is 36.9 Å².